The highest BCUT2D eigenvalue weighted by molar-refractivity contribution is 5.94. The van der Waals surface area contributed by atoms with Gasteiger partial charge in [-0.05, 0) is 24.1 Å². The number of hydrogen-bond acceptors (Lipinski definition) is 5. The van der Waals surface area contributed by atoms with Gasteiger partial charge in [0, 0.05) is 36.6 Å². The Hall–Kier alpha value is -3.19. The van der Waals surface area contributed by atoms with Crippen molar-refractivity contribution in [2.24, 2.45) is 10.7 Å². The quantitative estimate of drug-likeness (QED) is 0.538. The Morgan fingerprint density at radius 3 is 2.56 bits per heavy atom. The molecule has 7 nitrogen and oxygen atoms in total. The van der Waals surface area contributed by atoms with Gasteiger partial charge in [0.1, 0.15) is 0 Å². The highest BCUT2D eigenvalue weighted by Crippen LogP contribution is 2.19. The van der Waals surface area contributed by atoms with Crippen LogP contribution in [0.25, 0.3) is 0 Å². The molecule has 4 N–H and O–H groups in total. The van der Waals surface area contributed by atoms with Crippen molar-refractivity contribution >= 4 is 24.0 Å². The fourth-order valence-electron chi connectivity index (χ4n) is 2.02. The molecule has 7 heteroatoms. The van der Waals surface area contributed by atoms with E-state index in [1.165, 1.54) is 6.08 Å². The summed E-state index contributed by atoms with van der Waals surface area (Å²) in [7, 11) is 0. The molecule has 0 aromatic heterocycles. The topological polar surface area (TPSA) is 116 Å². The average Bonchev–Trinajstić information content (AvgIpc) is 2.62. The lowest BCUT2D eigenvalue weighted by atomic mass is 10.1. The number of carbonyl (C=O) groups is 2. The van der Waals surface area contributed by atoms with Crippen LogP contribution in [0.5, 0.6) is 0 Å². The molecule has 0 saturated carbocycles. The number of carboxylic acid groups (broad SMARTS) is 2. The van der Waals surface area contributed by atoms with E-state index < -0.39 is 11.9 Å². The summed E-state index contributed by atoms with van der Waals surface area (Å²) in [6, 6.07) is 8.12. The summed E-state index contributed by atoms with van der Waals surface area (Å²) < 4.78 is 0. The number of rotatable bonds is 6. The van der Waals surface area contributed by atoms with E-state index in [1.54, 1.807) is 0 Å². The van der Waals surface area contributed by atoms with Crippen molar-refractivity contribution in [1.82, 2.24) is 0 Å². The zero-order chi connectivity index (χ0) is 18.7. The summed E-state index contributed by atoms with van der Waals surface area (Å²) in [5.41, 5.74) is 7.78. The van der Waals surface area contributed by atoms with Crippen LogP contribution < -0.4 is 10.6 Å². The molecule has 0 aliphatic carbocycles. The van der Waals surface area contributed by atoms with Crippen LogP contribution in [0.15, 0.2) is 65.8 Å². The van der Waals surface area contributed by atoms with Gasteiger partial charge >= 0.3 is 11.9 Å². The summed E-state index contributed by atoms with van der Waals surface area (Å²) in [5.74, 6) is -2.49. The Morgan fingerprint density at radius 1 is 1.32 bits per heavy atom. The molecule has 0 atom stereocenters. The lowest BCUT2D eigenvalue weighted by Crippen LogP contribution is -2.24. The molecule has 0 saturated heterocycles. The summed E-state index contributed by atoms with van der Waals surface area (Å²) in [5, 5.41) is 16.6. The molecule has 0 fully saturated rings. The number of allylic oxidation sites excluding steroid dienone is 1. The van der Waals surface area contributed by atoms with Crippen LogP contribution in [-0.4, -0.2) is 35.0 Å². The highest BCUT2D eigenvalue weighted by Gasteiger charge is 2.07. The first kappa shape index (κ1) is 19.9. The molecule has 132 valence electrons. The first-order chi connectivity index (χ1) is 12.0. The molecule has 25 heavy (non-hydrogen) atoms. The van der Waals surface area contributed by atoms with Crippen molar-refractivity contribution in [1.29, 1.82) is 0 Å². The third kappa shape index (κ3) is 6.84. The molecule has 0 spiro atoms. The third-order valence-corrected chi connectivity index (χ3v) is 3.16. The zero-order valence-corrected chi connectivity index (χ0v) is 13.7. The Kier molecular flexibility index (Phi) is 8.39. The van der Waals surface area contributed by atoms with Crippen molar-refractivity contribution in [3.63, 3.8) is 0 Å². The predicted molar refractivity (Wildman–Crippen MR) is 97.5 cm³/mol. The molecule has 1 aromatic rings. The molecular formula is C18H21N3O4. The lowest BCUT2D eigenvalue weighted by molar-refractivity contribution is -0.135. The van der Waals surface area contributed by atoms with Crippen LogP contribution in [-0.2, 0) is 16.1 Å². The fourth-order valence-corrected chi connectivity index (χ4v) is 2.02. The maximum absolute atomic E-state index is 10.2. The summed E-state index contributed by atoms with van der Waals surface area (Å²) in [6.07, 6.45) is 7.71. The van der Waals surface area contributed by atoms with Gasteiger partial charge in [-0.1, -0.05) is 24.3 Å². The molecule has 1 aromatic carbocycles. The van der Waals surface area contributed by atoms with Gasteiger partial charge in [0.15, 0.2) is 0 Å². The van der Waals surface area contributed by atoms with E-state index in [4.69, 9.17) is 15.9 Å². The van der Waals surface area contributed by atoms with E-state index in [0.29, 0.717) is 12.6 Å². The smallest absolute Gasteiger partial charge is 0.332 e. The van der Waals surface area contributed by atoms with Crippen molar-refractivity contribution < 1.29 is 19.8 Å². The number of nitrogens with two attached hydrogens (primary N) is 1. The normalized spacial score (nSPS) is 13.0. The Morgan fingerprint density at radius 2 is 2.04 bits per heavy atom. The number of aliphatic imine (C=N–C) groups is 1. The molecule has 0 bridgehead atoms. The van der Waals surface area contributed by atoms with Crippen LogP contribution in [0.1, 0.15) is 12.0 Å². The standard InChI is InChI=1S/C11H13N3.C7H8O4/c12-8-10-4-1-2-5-11(10)14-7-3-6-13-9-14;1-2-3-5(7(10)11)4-6(8)9/h1-6,9H,7-8,12H2;2,4H,1,3H2,(H,8,9)(H,10,11)/b;5-4+. The molecule has 0 amide bonds. The maximum Gasteiger partial charge on any atom is 0.332 e. The van der Waals surface area contributed by atoms with Gasteiger partial charge in [-0.15, -0.1) is 6.58 Å². The number of anilines is 1. The summed E-state index contributed by atoms with van der Waals surface area (Å²) in [6.45, 7) is 4.71. The van der Waals surface area contributed by atoms with E-state index in [1.807, 2.05) is 36.8 Å². The van der Waals surface area contributed by atoms with Gasteiger partial charge in [0.2, 0.25) is 0 Å². The Balaban J connectivity index is 0.000000260. The lowest BCUT2D eigenvalue weighted by Gasteiger charge is -2.22. The Labute approximate surface area is 146 Å². The van der Waals surface area contributed by atoms with Crippen molar-refractivity contribution in [3.8, 4) is 0 Å². The van der Waals surface area contributed by atoms with E-state index in [9.17, 15) is 9.59 Å². The Bertz CT molecular complexity index is 708. The number of nitrogens with zero attached hydrogens (tertiary/aromatic N) is 2. The van der Waals surface area contributed by atoms with E-state index in [0.717, 1.165) is 17.8 Å². The van der Waals surface area contributed by atoms with Gasteiger partial charge in [0.05, 0.1) is 6.34 Å². The minimum Gasteiger partial charge on any atom is -0.478 e. The van der Waals surface area contributed by atoms with E-state index in [-0.39, 0.29) is 12.0 Å². The molecule has 2 rings (SSSR count). The molecule has 1 aliphatic heterocycles. The SMILES string of the molecule is C=CC/C(=C\C(=O)O)C(=O)O.NCc1ccccc1N1C=NC=CC1. The minimum atomic E-state index is -1.26. The van der Waals surface area contributed by atoms with Gasteiger partial charge in [-0.2, -0.15) is 0 Å². The first-order valence-corrected chi connectivity index (χ1v) is 7.50. The van der Waals surface area contributed by atoms with Gasteiger partial charge in [0.25, 0.3) is 0 Å². The number of aliphatic carboxylic acids is 2. The molecule has 1 heterocycles. The fraction of sp³-hybridized carbons (Fsp3) is 0.167. The van der Waals surface area contributed by atoms with Crippen molar-refractivity contribution in [2.75, 3.05) is 11.4 Å². The zero-order valence-electron chi connectivity index (χ0n) is 13.7. The van der Waals surface area contributed by atoms with Crippen molar-refractivity contribution in [2.45, 2.75) is 13.0 Å². The van der Waals surface area contributed by atoms with Crippen LogP contribution in [0.3, 0.4) is 0 Å². The first-order valence-electron chi connectivity index (χ1n) is 7.50. The van der Waals surface area contributed by atoms with Crippen molar-refractivity contribution in [3.05, 3.63) is 66.4 Å². The molecule has 1 aliphatic rings. The molecular weight excluding hydrogens is 322 g/mol. The second kappa shape index (κ2) is 10.6. The van der Waals surface area contributed by atoms with E-state index in [2.05, 4.69) is 22.5 Å². The maximum atomic E-state index is 10.2. The van der Waals surface area contributed by atoms with Crippen LogP contribution in [0, 0.1) is 0 Å². The number of para-hydroxylation sites is 1. The van der Waals surface area contributed by atoms with E-state index >= 15 is 0 Å². The average molecular weight is 343 g/mol. The second-order valence-electron chi connectivity index (χ2n) is 4.94. The minimum absolute atomic E-state index is 0.0572. The number of carboxylic acids is 2. The van der Waals surface area contributed by atoms with Crippen LogP contribution >= 0.6 is 0 Å². The van der Waals surface area contributed by atoms with Gasteiger partial charge in [-0.25, -0.2) is 14.6 Å². The highest BCUT2D eigenvalue weighted by atomic mass is 16.4. The second-order valence-corrected chi connectivity index (χ2v) is 4.94. The monoisotopic (exact) mass is 343 g/mol. The van der Waals surface area contributed by atoms with Crippen LogP contribution in [0.2, 0.25) is 0 Å². The summed E-state index contributed by atoms with van der Waals surface area (Å²) in [4.78, 5) is 26.4. The summed E-state index contributed by atoms with van der Waals surface area (Å²) >= 11 is 0. The molecule has 0 unspecified atom stereocenters. The third-order valence-electron chi connectivity index (χ3n) is 3.16. The van der Waals surface area contributed by atoms with Crippen LogP contribution in [0.4, 0.5) is 5.69 Å². The van der Waals surface area contributed by atoms with Gasteiger partial charge < -0.3 is 20.8 Å². The van der Waals surface area contributed by atoms with Gasteiger partial charge in [-0.3, -0.25) is 0 Å². The largest absolute Gasteiger partial charge is 0.478 e. The number of benzene rings is 1. The molecule has 0 radical (unpaired) electrons. The predicted octanol–water partition coefficient (Wildman–Crippen LogP) is 2.17. The number of hydrogen-bond donors (Lipinski definition) is 3.